The molecule has 0 aliphatic heterocycles. The SMILES string of the molecule is CC.CC.O=C(O)c1cn(P)cn1. The van der Waals surface area contributed by atoms with Gasteiger partial charge in [0, 0.05) is 6.20 Å². The summed E-state index contributed by atoms with van der Waals surface area (Å²) in [7, 11) is 2.29. The van der Waals surface area contributed by atoms with Crippen LogP contribution in [0.3, 0.4) is 0 Å². The maximum Gasteiger partial charge on any atom is 0.356 e. The molecule has 1 atom stereocenters. The first kappa shape index (κ1) is 14.6. The van der Waals surface area contributed by atoms with Gasteiger partial charge in [0.15, 0.2) is 5.69 Å². The smallest absolute Gasteiger partial charge is 0.356 e. The molecule has 0 radical (unpaired) electrons. The fraction of sp³-hybridized carbons (Fsp3) is 0.500. The van der Waals surface area contributed by atoms with E-state index in [-0.39, 0.29) is 5.69 Å². The molecule has 0 saturated carbocycles. The summed E-state index contributed by atoms with van der Waals surface area (Å²) in [6, 6.07) is 0. The number of carbonyl (C=O) groups is 1. The summed E-state index contributed by atoms with van der Waals surface area (Å²) in [5.41, 5.74) is 0.0602. The van der Waals surface area contributed by atoms with Crippen LogP contribution in [0.2, 0.25) is 0 Å². The van der Waals surface area contributed by atoms with Gasteiger partial charge in [-0.3, -0.25) is 0 Å². The summed E-state index contributed by atoms with van der Waals surface area (Å²) in [5, 5.41) is 8.31. The standard InChI is InChI=1S/C4H5N2O2P.2C2H6/c7-4(8)3-1-6(9)2-5-3;2*1-2/h1-2H,9H2,(H,7,8);2*1-2H3. The molecule has 76 valence electrons. The third kappa shape index (κ3) is 6.29. The van der Waals surface area contributed by atoms with E-state index in [9.17, 15) is 4.79 Å². The van der Waals surface area contributed by atoms with Crippen LogP contribution in [0, 0.1) is 0 Å². The highest BCUT2D eigenvalue weighted by Crippen LogP contribution is 1.97. The molecule has 1 aromatic rings. The number of rotatable bonds is 1. The van der Waals surface area contributed by atoms with Crippen LogP contribution >= 0.6 is 9.39 Å². The summed E-state index contributed by atoms with van der Waals surface area (Å²) < 4.78 is 1.50. The Balaban J connectivity index is 0. The lowest BCUT2D eigenvalue weighted by Gasteiger charge is -1.80. The minimum absolute atomic E-state index is 0.0602. The molecule has 1 aromatic heterocycles. The molecule has 0 aliphatic rings. The lowest BCUT2D eigenvalue weighted by Crippen LogP contribution is -1.94. The Morgan fingerprint density at radius 1 is 1.46 bits per heavy atom. The molecule has 0 fully saturated rings. The van der Waals surface area contributed by atoms with Crippen molar-refractivity contribution in [3.63, 3.8) is 0 Å². The highest BCUT2D eigenvalue weighted by atomic mass is 31.0. The van der Waals surface area contributed by atoms with Crippen LogP contribution in [0.25, 0.3) is 0 Å². The van der Waals surface area contributed by atoms with Gasteiger partial charge in [-0.25, -0.2) is 9.78 Å². The second-order valence-corrected chi connectivity index (χ2v) is 2.11. The molecule has 4 nitrogen and oxygen atoms in total. The van der Waals surface area contributed by atoms with Gasteiger partial charge in [0.25, 0.3) is 0 Å². The maximum absolute atomic E-state index is 10.1. The van der Waals surface area contributed by atoms with E-state index in [0.29, 0.717) is 0 Å². The van der Waals surface area contributed by atoms with Crippen LogP contribution in [0.5, 0.6) is 0 Å². The number of nitrogens with zero attached hydrogens (tertiary/aromatic N) is 2. The van der Waals surface area contributed by atoms with Gasteiger partial charge in [-0.2, -0.15) is 0 Å². The molecule has 0 aliphatic carbocycles. The van der Waals surface area contributed by atoms with Gasteiger partial charge in [-0.05, 0) is 9.39 Å². The molecule has 1 rings (SSSR count). The normalized spacial score (nSPS) is 7.46. The predicted molar refractivity (Wildman–Crippen MR) is 57.0 cm³/mol. The van der Waals surface area contributed by atoms with E-state index < -0.39 is 5.97 Å². The van der Waals surface area contributed by atoms with Crippen LogP contribution in [-0.4, -0.2) is 20.4 Å². The van der Waals surface area contributed by atoms with Gasteiger partial charge in [-0.15, -0.1) is 0 Å². The van der Waals surface area contributed by atoms with Crippen LogP contribution in [0.1, 0.15) is 38.2 Å². The Morgan fingerprint density at radius 2 is 1.92 bits per heavy atom. The number of aromatic carboxylic acids is 1. The van der Waals surface area contributed by atoms with E-state index in [2.05, 4.69) is 14.4 Å². The zero-order valence-corrected chi connectivity index (χ0v) is 9.64. The van der Waals surface area contributed by atoms with Crippen molar-refractivity contribution in [2.24, 2.45) is 0 Å². The zero-order valence-electron chi connectivity index (χ0n) is 8.48. The molecule has 0 amide bonds. The highest BCUT2D eigenvalue weighted by Gasteiger charge is 2.03. The average Bonchev–Trinajstić information content (AvgIpc) is 2.59. The third-order valence-electron chi connectivity index (χ3n) is 0.821. The Kier molecular flexibility index (Phi) is 10.3. The number of imidazole rings is 1. The Bertz CT molecular complexity index is 236. The average molecular weight is 204 g/mol. The van der Waals surface area contributed by atoms with Crippen molar-refractivity contribution in [2.45, 2.75) is 27.7 Å². The van der Waals surface area contributed by atoms with Crippen molar-refractivity contribution in [2.75, 3.05) is 0 Å². The monoisotopic (exact) mass is 204 g/mol. The van der Waals surface area contributed by atoms with Crippen LogP contribution in [0.4, 0.5) is 0 Å². The first-order valence-electron chi connectivity index (χ1n) is 4.22. The summed E-state index contributed by atoms with van der Waals surface area (Å²) >= 11 is 0. The lowest BCUT2D eigenvalue weighted by atomic mass is 10.5. The minimum Gasteiger partial charge on any atom is -0.476 e. The van der Waals surface area contributed by atoms with E-state index in [4.69, 9.17) is 5.11 Å². The second kappa shape index (κ2) is 9.20. The number of carboxylic acids is 1. The fourth-order valence-corrected chi connectivity index (χ4v) is 0.655. The highest BCUT2D eigenvalue weighted by molar-refractivity contribution is 7.14. The summed E-state index contributed by atoms with van der Waals surface area (Å²) in [6.45, 7) is 8.00. The number of aromatic nitrogens is 2. The third-order valence-corrected chi connectivity index (χ3v) is 1.10. The van der Waals surface area contributed by atoms with Gasteiger partial charge in [-0.1, -0.05) is 27.7 Å². The molecule has 1 N–H and O–H groups in total. The van der Waals surface area contributed by atoms with Gasteiger partial charge < -0.3 is 9.44 Å². The van der Waals surface area contributed by atoms with E-state index >= 15 is 0 Å². The van der Waals surface area contributed by atoms with E-state index in [1.807, 2.05) is 27.7 Å². The van der Waals surface area contributed by atoms with Gasteiger partial charge in [0.2, 0.25) is 0 Å². The number of hydrogen-bond donors (Lipinski definition) is 1. The van der Waals surface area contributed by atoms with E-state index in [1.54, 1.807) is 0 Å². The molecule has 0 bridgehead atoms. The molecule has 13 heavy (non-hydrogen) atoms. The molecule has 1 unspecified atom stereocenters. The fourth-order valence-electron chi connectivity index (χ4n) is 0.447. The van der Waals surface area contributed by atoms with Crippen LogP contribution < -0.4 is 0 Å². The number of carboxylic acid groups (broad SMARTS) is 1. The van der Waals surface area contributed by atoms with Crippen molar-refractivity contribution in [1.82, 2.24) is 9.32 Å². The molecule has 1 heterocycles. The van der Waals surface area contributed by atoms with Crippen molar-refractivity contribution in [1.29, 1.82) is 0 Å². The van der Waals surface area contributed by atoms with Crippen LogP contribution in [0.15, 0.2) is 12.5 Å². The summed E-state index contributed by atoms with van der Waals surface area (Å²) in [4.78, 5) is 13.7. The quantitative estimate of drug-likeness (QED) is 0.714. The number of hydrogen-bond acceptors (Lipinski definition) is 2. The summed E-state index contributed by atoms with van der Waals surface area (Å²) in [5.74, 6) is -1.00. The van der Waals surface area contributed by atoms with Gasteiger partial charge >= 0.3 is 5.97 Å². The van der Waals surface area contributed by atoms with E-state index in [0.717, 1.165) is 0 Å². The second-order valence-electron chi connectivity index (χ2n) is 1.51. The minimum atomic E-state index is -1.00. The zero-order chi connectivity index (χ0) is 10.9. The Labute approximate surface area is 81.2 Å². The largest absolute Gasteiger partial charge is 0.476 e. The maximum atomic E-state index is 10.1. The first-order chi connectivity index (χ1) is 6.20. The summed E-state index contributed by atoms with van der Waals surface area (Å²) in [6.07, 6.45) is 2.82. The Hall–Kier alpha value is -0.890. The first-order valence-corrected chi connectivity index (χ1v) is 4.74. The van der Waals surface area contributed by atoms with E-state index in [1.165, 1.54) is 16.9 Å². The molecule has 0 saturated heterocycles. The molecular formula is C8H17N2O2P. The van der Waals surface area contributed by atoms with Crippen LogP contribution in [-0.2, 0) is 0 Å². The topological polar surface area (TPSA) is 55.1 Å². The van der Waals surface area contributed by atoms with Crippen molar-refractivity contribution in [3.8, 4) is 0 Å². The van der Waals surface area contributed by atoms with Crippen molar-refractivity contribution >= 4 is 15.4 Å². The lowest BCUT2D eigenvalue weighted by molar-refractivity contribution is 0.0691. The molecule has 0 spiro atoms. The molecule has 0 aromatic carbocycles. The van der Waals surface area contributed by atoms with Gasteiger partial charge in [0.05, 0.1) is 6.33 Å². The van der Waals surface area contributed by atoms with Crippen molar-refractivity contribution < 1.29 is 9.90 Å². The van der Waals surface area contributed by atoms with Crippen molar-refractivity contribution in [3.05, 3.63) is 18.2 Å². The predicted octanol–water partition coefficient (Wildman–Crippen LogP) is 2.27. The molecule has 5 heteroatoms. The Morgan fingerprint density at radius 3 is 2.08 bits per heavy atom. The van der Waals surface area contributed by atoms with Gasteiger partial charge in [0.1, 0.15) is 0 Å². The molecular weight excluding hydrogens is 187 g/mol.